The van der Waals surface area contributed by atoms with Gasteiger partial charge < -0.3 is 34.5 Å². The number of carbonyl (C=O) groups is 2. The molecule has 0 aliphatic carbocycles. The Balaban J connectivity index is 1.17. The zero-order valence-corrected chi connectivity index (χ0v) is 33.0. The Morgan fingerprint density at radius 1 is 1.11 bits per heavy atom. The highest BCUT2D eigenvalue weighted by atomic mass is 35.5. The molecule has 2 aliphatic rings. The van der Waals surface area contributed by atoms with Crippen molar-refractivity contribution < 1.29 is 29.3 Å². The second-order valence-electron chi connectivity index (χ2n) is 14.5. The zero-order valence-electron chi connectivity index (χ0n) is 30.6. The second kappa shape index (κ2) is 14.6. The first-order valence-electron chi connectivity index (χ1n) is 17.2. The fraction of sp³-hybridized carbons (Fsp3) is 0.472. The largest absolute Gasteiger partial charge is 0.465 e. The number of fused-ring (bicyclic) bond motifs is 5. The molecule has 14 nitrogen and oxygen atoms in total. The van der Waals surface area contributed by atoms with E-state index in [1.165, 1.54) is 4.90 Å². The maximum atomic E-state index is 13.7. The molecule has 0 spiro atoms. The molecule has 0 bridgehead atoms. The first kappa shape index (κ1) is 38.6. The van der Waals surface area contributed by atoms with Crippen LogP contribution in [-0.4, -0.2) is 80.8 Å². The number of hydrogen-bond acceptors (Lipinski definition) is 13. The normalized spacial score (nSPS) is 16.5. The lowest BCUT2D eigenvalue weighted by Gasteiger charge is -2.38. The first-order chi connectivity index (χ1) is 25.0. The molecule has 53 heavy (non-hydrogen) atoms. The lowest BCUT2D eigenvalue weighted by molar-refractivity contribution is -0.172. The van der Waals surface area contributed by atoms with E-state index in [0.717, 1.165) is 16.5 Å². The second-order valence-corrected chi connectivity index (χ2v) is 18.0. The summed E-state index contributed by atoms with van der Waals surface area (Å²) in [5.74, 6) is 0.621. The van der Waals surface area contributed by atoms with Gasteiger partial charge in [-0.2, -0.15) is 15.0 Å². The van der Waals surface area contributed by atoms with E-state index in [0.29, 0.717) is 47.9 Å². The van der Waals surface area contributed by atoms with E-state index in [1.807, 2.05) is 53.7 Å². The van der Waals surface area contributed by atoms with E-state index in [1.54, 1.807) is 45.2 Å². The number of halogens is 1. The van der Waals surface area contributed by atoms with Crippen molar-refractivity contribution in [2.24, 2.45) is 0 Å². The number of aromatic nitrogens is 5. The van der Waals surface area contributed by atoms with E-state index in [-0.39, 0.29) is 58.2 Å². The average molecular weight is 784 g/mol. The summed E-state index contributed by atoms with van der Waals surface area (Å²) in [6.07, 6.45) is -0.234. The van der Waals surface area contributed by atoms with E-state index in [2.05, 4.69) is 20.3 Å². The molecule has 5 heterocycles. The van der Waals surface area contributed by atoms with Gasteiger partial charge in [0, 0.05) is 45.6 Å². The van der Waals surface area contributed by atoms with E-state index in [4.69, 9.17) is 26.1 Å². The number of aliphatic hydroxyl groups is 1. The zero-order chi connectivity index (χ0) is 38.5. The quantitative estimate of drug-likeness (QED) is 0.0697. The highest BCUT2D eigenvalue weighted by Gasteiger charge is 2.45. The fourth-order valence-electron chi connectivity index (χ4n) is 6.57. The van der Waals surface area contributed by atoms with E-state index in [9.17, 15) is 24.6 Å². The van der Waals surface area contributed by atoms with Crippen LogP contribution in [0.25, 0.3) is 22.3 Å². The molecule has 2 aliphatic heterocycles. The minimum absolute atomic E-state index is 0.00263. The van der Waals surface area contributed by atoms with Gasteiger partial charge in [0.25, 0.3) is 5.56 Å². The number of hydrogen-bond donors (Lipinski definition) is 3. The number of amides is 1. The Hall–Kier alpha value is -4.12. The molecule has 17 heteroatoms. The minimum atomic E-state index is -1.90. The summed E-state index contributed by atoms with van der Waals surface area (Å²) < 4.78 is 12.6. The molecule has 0 unspecified atom stereocenters. The lowest BCUT2D eigenvalue weighted by atomic mass is 9.86. The monoisotopic (exact) mass is 783 g/mol. The molecule has 3 aromatic heterocycles. The number of aryl methyl sites for hydroxylation is 1. The van der Waals surface area contributed by atoms with E-state index >= 15 is 0 Å². The molecule has 282 valence electrons. The smallest absolute Gasteiger partial charge is 0.407 e. The van der Waals surface area contributed by atoms with Gasteiger partial charge in [-0.3, -0.25) is 4.79 Å². The number of nitrogens with one attached hydrogen (secondary N) is 1. The van der Waals surface area contributed by atoms with Crippen LogP contribution in [0.3, 0.4) is 0 Å². The Labute approximate surface area is 319 Å². The lowest BCUT2D eigenvalue weighted by Crippen LogP contribution is -2.50. The number of esters is 1. The predicted octanol–water partition coefficient (Wildman–Crippen LogP) is 6.62. The van der Waals surface area contributed by atoms with Gasteiger partial charge in [-0.05, 0) is 88.9 Å². The predicted molar refractivity (Wildman–Crippen MR) is 206 cm³/mol. The summed E-state index contributed by atoms with van der Waals surface area (Å²) in [5, 5.41) is 24.8. The third-order valence-corrected chi connectivity index (χ3v) is 12.7. The number of rotatable bonds is 12. The van der Waals surface area contributed by atoms with Gasteiger partial charge in [0.1, 0.15) is 12.4 Å². The number of cyclic esters (lactones) is 1. The van der Waals surface area contributed by atoms with Crippen LogP contribution in [0.2, 0.25) is 5.28 Å². The van der Waals surface area contributed by atoms with Crippen molar-refractivity contribution in [3.63, 3.8) is 0 Å². The van der Waals surface area contributed by atoms with Gasteiger partial charge in [0.05, 0.1) is 29.0 Å². The van der Waals surface area contributed by atoms with Crippen LogP contribution >= 0.6 is 33.2 Å². The van der Waals surface area contributed by atoms with Crippen LogP contribution in [0.4, 0.5) is 10.7 Å². The minimum Gasteiger partial charge on any atom is -0.465 e. The highest BCUT2D eigenvalue weighted by molar-refractivity contribution is 8.77. The van der Waals surface area contributed by atoms with Crippen molar-refractivity contribution in [3.8, 4) is 23.1 Å². The first-order valence-corrected chi connectivity index (χ1v) is 19.9. The maximum Gasteiger partial charge on any atom is 0.407 e. The molecule has 4 aromatic rings. The fourth-order valence-corrected chi connectivity index (χ4v) is 9.11. The third kappa shape index (κ3) is 7.64. The van der Waals surface area contributed by atoms with Crippen LogP contribution in [-0.2, 0) is 34.7 Å². The van der Waals surface area contributed by atoms with Crippen molar-refractivity contribution in [2.45, 2.75) is 90.3 Å². The standard InChI is InChI=1S/C36H42ClN7O7S2/c1-8-20-21-14-19(51-32-41-30(37)40-31(42-32)38-12-13-52-53-35(6,7)18-44(33(47)48)34(3,4)5)10-11-25(21)39-27-22(20)16-43-26(27)15-24-23(28(43)45)17-50-29(46)36(24,49)9-2/h10-11,14-15,49H,8-9,12-13,16-18H2,1-7H3,(H,47,48)(H,38,40,41,42)/t36-/m0/s1. The van der Waals surface area contributed by atoms with Crippen LogP contribution in [0.5, 0.6) is 11.8 Å². The highest BCUT2D eigenvalue weighted by Crippen LogP contribution is 2.41. The number of pyridine rings is 2. The van der Waals surface area contributed by atoms with Crippen LogP contribution in [0, 0.1) is 0 Å². The number of ether oxygens (including phenoxy) is 2. The van der Waals surface area contributed by atoms with Gasteiger partial charge in [0.2, 0.25) is 11.2 Å². The van der Waals surface area contributed by atoms with Crippen LogP contribution in [0.1, 0.15) is 77.1 Å². The van der Waals surface area contributed by atoms with Crippen LogP contribution < -0.4 is 15.6 Å². The van der Waals surface area contributed by atoms with Gasteiger partial charge >= 0.3 is 18.1 Å². The van der Waals surface area contributed by atoms with Crippen molar-refractivity contribution >= 4 is 62.1 Å². The average Bonchev–Trinajstić information content (AvgIpc) is 3.45. The number of carboxylic acid groups (broad SMARTS) is 1. The number of nitrogens with zero attached hydrogens (tertiary/aromatic N) is 6. The Morgan fingerprint density at radius 3 is 2.55 bits per heavy atom. The van der Waals surface area contributed by atoms with Crippen molar-refractivity contribution in [1.82, 2.24) is 29.4 Å². The summed E-state index contributed by atoms with van der Waals surface area (Å²) in [4.78, 5) is 57.2. The van der Waals surface area contributed by atoms with Gasteiger partial charge in [-0.1, -0.05) is 35.4 Å². The molecular formula is C36H42ClN7O7S2. The maximum absolute atomic E-state index is 13.7. The Bertz CT molecular complexity index is 2180. The Morgan fingerprint density at radius 2 is 1.87 bits per heavy atom. The molecule has 0 saturated heterocycles. The molecule has 0 saturated carbocycles. The number of carbonyl (C=O) groups excluding carboxylic acids is 1. The SMILES string of the molecule is CCc1c2c(nc3ccc(Oc4nc(Cl)nc(NCCSSC(C)(C)CN(C(=O)O)C(C)(C)C)n4)cc13)-c1cc3c(c(=O)n1C2)COC(=O)[C@]3(O)CC. The van der Waals surface area contributed by atoms with Gasteiger partial charge in [0.15, 0.2) is 5.60 Å². The van der Waals surface area contributed by atoms with Gasteiger partial charge in [-0.25, -0.2) is 14.6 Å². The summed E-state index contributed by atoms with van der Waals surface area (Å²) >= 11 is 6.25. The van der Waals surface area contributed by atoms with Crippen molar-refractivity contribution in [2.75, 3.05) is 24.2 Å². The molecule has 6 rings (SSSR count). The number of benzene rings is 1. The number of anilines is 1. The topological polar surface area (TPSA) is 182 Å². The molecule has 1 atom stereocenters. The molecule has 1 aromatic carbocycles. The third-order valence-electron chi connectivity index (χ3n) is 9.26. The molecule has 3 N–H and O–H groups in total. The summed E-state index contributed by atoms with van der Waals surface area (Å²) in [5.41, 5.74) is 1.56. The summed E-state index contributed by atoms with van der Waals surface area (Å²) in [7, 11) is 3.23. The van der Waals surface area contributed by atoms with Crippen molar-refractivity contribution in [1.29, 1.82) is 0 Å². The molecule has 1 amide bonds. The molecule has 0 radical (unpaired) electrons. The summed E-state index contributed by atoms with van der Waals surface area (Å²) in [6, 6.07) is 7.13. The Kier molecular flexibility index (Phi) is 10.6. The van der Waals surface area contributed by atoms with Crippen molar-refractivity contribution in [3.05, 3.63) is 62.2 Å². The molecular weight excluding hydrogens is 742 g/mol. The van der Waals surface area contributed by atoms with Gasteiger partial charge in [-0.15, -0.1) is 0 Å². The summed E-state index contributed by atoms with van der Waals surface area (Å²) in [6.45, 7) is 14.4. The van der Waals surface area contributed by atoms with E-state index < -0.39 is 23.2 Å². The van der Waals surface area contributed by atoms with Crippen LogP contribution in [0.15, 0.2) is 29.1 Å². The molecule has 0 fully saturated rings.